The minimum Gasteiger partial charge on any atom is -0.478 e. The fraction of sp³-hybridized carbons (Fsp3) is 0.125. The van der Waals surface area contributed by atoms with Gasteiger partial charge in [0, 0.05) is 0 Å². The van der Waals surface area contributed by atoms with Gasteiger partial charge in [0.1, 0.15) is 0 Å². The lowest BCUT2D eigenvalue weighted by atomic mass is 10.1. The first-order valence-corrected chi connectivity index (χ1v) is 8.10. The average molecular weight is 330 g/mol. The summed E-state index contributed by atoms with van der Waals surface area (Å²) in [6.45, 7) is 3.20. The summed E-state index contributed by atoms with van der Waals surface area (Å²) in [5.41, 5.74) is 1.41. The van der Waals surface area contributed by atoms with Gasteiger partial charge < -0.3 is 5.11 Å². The summed E-state index contributed by atoms with van der Waals surface area (Å²) in [6.07, 6.45) is 0. The van der Waals surface area contributed by atoms with Gasteiger partial charge >= 0.3 is 5.97 Å². The quantitative estimate of drug-likeness (QED) is 0.896. The van der Waals surface area contributed by atoms with E-state index < -0.39 is 16.0 Å². The second kappa shape index (κ2) is 6.10. The molecular weight excluding hydrogens is 316 g/mol. The Labute approximate surface area is 134 Å². The van der Waals surface area contributed by atoms with Crippen molar-refractivity contribution in [1.82, 2.24) is 0 Å². The van der Waals surface area contributed by atoms with Crippen LogP contribution in [0.4, 0.5) is 5.69 Å². The minimum absolute atomic E-state index is 0.0678. The Kier molecular flexibility index (Phi) is 4.38. The lowest BCUT2D eigenvalue weighted by Crippen LogP contribution is -2.16. The molecule has 0 aliphatic carbocycles. The van der Waals surface area contributed by atoms with Crippen LogP contribution >= 0.6 is 0 Å². The van der Waals surface area contributed by atoms with Gasteiger partial charge in [-0.15, -0.1) is 0 Å². The second-order valence-electron chi connectivity index (χ2n) is 5.04. The monoisotopic (exact) mass is 330 g/mol. The van der Waals surface area contributed by atoms with E-state index in [1.807, 2.05) is 6.07 Å². The first kappa shape index (κ1) is 16.5. The van der Waals surface area contributed by atoms with E-state index >= 15 is 0 Å². The van der Waals surface area contributed by atoms with Crippen LogP contribution in [0.1, 0.15) is 27.0 Å². The van der Waals surface area contributed by atoms with Gasteiger partial charge in [-0.1, -0.05) is 12.1 Å². The highest BCUT2D eigenvalue weighted by Crippen LogP contribution is 2.23. The van der Waals surface area contributed by atoms with Crippen molar-refractivity contribution in [3.63, 3.8) is 0 Å². The van der Waals surface area contributed by atoms with E-state index in [0.29, 0.717) is 16.7 Å². The predicted molar refractivity (Wildman–Crippen MR) is 84.8 cm³/mol. The molecule has 0 saturated carbocycles. The number of aryl methyl sites for hydroxylation is 2. The molecule has 23 heavy (non-hydrogen) atoms. The van der Waals surface area contributed by atoms with Crippen LogP contribution in [0.3, 0.4) is 0 Å². The summed E-state index contributed by atoms with van der Waals surface area (Å²) in [5.74, 6) is -1.19. The molecule has 2 aromatic carbocycles. The van der Waals surface area contributed by atoms with Crippen molar-refractivity contribution in [3.05, 3.63) is 58.7 Å². The van der Waals surface area contributed by atoms with Gasteiger partial charge in [-0.25, -0.2) is 13.2 Å². The molecule has 2 aromatic rings. The van der Waals surface area contributed by atoms with E-state index in [0.717, 1.165) is 6.07 Å². The molecule has 0 aliphatic rings. The van der Waals surface area contributed by atoms with Gasteiger partial charge in [0.05, 0.1) is 27.8 Å². The molecule has 2 rings (SSSR count). The Balaban J connectivity index is 2.49. The molecule has 0 bridgehead atoms. The van der Waals surface area contributed by atoms with Crippen molar-refractivity contribution in [3.8, 4) is 6.07 Å². The zero-order valence-electron chi connectivity index (χ0n) is 12.5. The van der Waals surface area contributed by atoms with Crippen LogP contribution in [0.25, 0.3) is 0 Å². The summed E-state index contributed by atoms with van der Waals surface area (Å²) < 4.78 is 27.4. The number of carbonyl (C=O) groups is 1. The molecule has 0 aliphatic heterocycles. The van der Waals surface area contributed by atoms with Crippen molar-refractivity contribution in [2.75, 3.05) is 4.72 Å². The fourth-order valence-electron chi connectivity index (χ4n) is 2.21. The van der Waals surface area contributed by atoms with Crippen LogP contribution in [-0.2, 0) is 10.0 Å². The van der Waals surface area contributed by atoms with Crippen molar-refractivity contribution >= 4 is 21.7 Å². The Morgan fingerprint density at radius 2 is 1.87 bits per heavy atom. The van der Waals surface area contributed by atoms with Crippen LogP contribution < -0.4 is 4.72 Å². The molecule has 0 radical (unpaired) electrons. The maximum absolute atomic E-state index is 12.5. The van der Waals surface area contributed by atoms with Gasteiger partial charge in [-0.05, 0) is 49.2 Å². The van der Waals surface area contributed by atoms with Crippen molar-refractivity contribution in [1.29, 1.82) is 5.26 Å². The highest BCUT2D eigenvalue weighted by atomic mass is 32.2. The number of aromatic carboxylic acids is 1. The zero-order valence-corrected chi connectivity index (χ0v) is 13.3. The normalized spacial score (nSPS) is 10.8. The molecule has 0 heterocycles. The van der Waals surface area contributed by atoms with Gasteiger partial charge in [-0.3, -0.25) is 4.72 Å². The molecule has 7 heteroatoms. The lowest BCUT2D eigenvalue weighted by Gasteiger charge is -2.12. The third-order valence-corrected chi connectivity index (χ3v) is 4.81. The second-order valence-corrected chi connectivity index (χ2v) is 6.69. The molecule has 0 saturated heterocycles. The van der Waals surface area contributed by atoms with Crippen LogP contribution in [0.15, 0.2) is 41.3 Å². The van der Waals surface area contributed by atoms with Crippen LogP contribution in [0, 0.1) is 25.2 Å². The highest BCUT2D eigenvalue weighted by Gasteiger charge is 2.21. The van der Waals surface area contributed by atoms with Gasteiger partial charge in [0.2, 0.25) is 0 Å². The van der Waals surface area contributed by atoms with E-state index in [2.05, 4.69) is 4.72 Å². The number of carboxylic acids is 1. The molecule has 6 nitrogen and oxygen atoms in total. The highest BCUT2D eigenvalue weighted by molar-refractivity contribution is 7.92. The third kappa shape index (κ3) is 3.49. The number of hydrogen-bond acceptors (Lipinski definition) is 4. The summed E-state index contributed by atoms with van der Waals surface area (Å²) >= 11 is 0. The topological polar surface area (TPSA) is 107 Å². The number of hydrogen-bond donors (Lipinski definition) is 2. The Hall–Kier alpha value is -2.85. The lowest BCUT2D eigenvalue weighted by molar-refractivity contribution is 0.0696. The molecule has 0 aromatic heterocycles. The number of nitriles is 1. The standard InChI is InChI=1S/C16H14N2O4S/c1-10-6-11(2)15(8-14(10)16(19)20)23(21,22)18-13-5-3-4-12(7-13)9-17/h3-8,18H,1-2H3,(H,19,20). The van der Waals surface area contributed by atoms with Gasteiger partial charge in [0.25, 0.3) is 10.0 Å². The number of rotatable bonds is 4. The Morgan fingerprint density at radius 3 is 2.48 bits per heavy atom. The van der Waals surface area contributed by atoms with Crippen molar-refractivity contribution < 1.29 is 18.3 Å². The first-order chi connectivity index (χ1) is 10.7. The summed E-state index contributed by atoms with van der Waals surface area (Å²) in [7, 11) is -3.96. The van der Waals surface area contributed by atoms with E-state index in [-0.39, 0.29) is 16.1 Å². The number of nitrogens with one attached hydrogen (secondary N) is 1. The SMILES string of the molecule is Cc1cc(C)c(S(=O)(=O)Nc2cccc(C#N)c2)cc1C(=O)O. The maximum Gasteiger partial charge on any atom is 0.335 e. The van der Waals surface area contributed by atoms with Crippen LogP contribution in [0.2, 0.25) is 0 Å². The third-order valence-electron chi connectivity index (χ3n) is 3.29. The minimum atomic E-state index is -3.96. The molecule has 118 valence electrons. The number of carboxylic acid groups (broad SMARTS) is 1. The molecule has 0 fully saturated rings. The number of sulfonamides is 1. The van der Waals surface area contributed by atoms with E-state index in [1.165, 1.54) is 18.2 Å². The zero-order chi connectivity index (χ0) is 17.2. The van der Waals surface area contributed by atoms with Crippen molar-refractivity contribution in [2.24, 2.45) is 0 Å². The maximum atomic E-state index is 12.5. The van der Waals surface area contributed by atoms with Crippen LogP contribution in [-0.4, -0.2) is 19.5 Å². The molecular formula is C16H14N2O4S. The van der Waals surface area contributed by atoms with Gasteiger partial charge in [-0.2, -0.15) is 5.26 Å². The first-order valence-electron chi connectivity index (χ1n) is 6.62. The molecule has 0 spiro atoms. The predicted octanol–water partition coefficient (Wildman–Crippen LogP) is 2.67. The largest absolute Gasteiger partial charge is 0.478 e. The number of nitrogens with zero attached hydrogens (tertiary/aromatic N) is 1. The molecule has 2 N–H and O–H groups in total. The Morgan fingerprint density at radius 1 is 1.17 bits per heavy atom. The summed E-state index contributed by atoms with van der Waals surface area (Å²) in [6, 6.07) is 10.6. The number of benzene rings is 2. The van der Waals surface area contributed by atoms with Gasteiger partial charge in [0.15, 0.2) is 0 Å². The van der Waals surface area contributed by atoms with Crippen molar-refractivity contribution in [2.45, 2.75) is 18.7 Å². The van der Waals surface area contributed by atoms with Crippen LogP contribution in [0.5, 0.6) is 0 Å². The summed E-state index contributed by atoms with van der Waals surface area (Å²) in [5, 5.41) is 18.0. The molecule has 0 amide bonds. The fourth-order valence-corrected chi connectivity index (χ4v) is 3.52. The number of anilines is 1. The molecule has 0 unspecified atom stereocenters. The summed E-state index contributed by atoms with van der Waals surface area (Å²) in [4.78, 5) is 11.1. The van der Waals surface area contributed by atoms with E-state index in [4.69, 9.17) is 10.4 Å². The van der Waals surface area contributed by atoms with E-state index in [9.17, 15) is 13.2 Å². The average Bonchev–Trinajstić information content (AvgIpc) is 2.46. The Bertz CT molecular complexity index is 928. The molecule has 0 atom stereocenters. The van der Waals surface area contributed by atoms with E-state index in [1.54, 1.807) is 26.0 Å². The smallest absolute Gasteiger partial charge is 0.335 e.